The highest BCUT2D eigenvalue weighted by Gasteiger charge is 2.21. The number of amides is 1. The Labute approximate surface area is 217 Å². The number of aromatic nitrogens is 2. The molecule has 0 unspecified atom stereocenters. The highest BCUT2D eigenvalue weighted by atomic mass is 16.5. The van der Waals surface area contributed by atoms with Crippen molar-refractivity contribution >= 4 is 12.0 Å². The molecular formula is C31H28N4O2. The van der Waals surface area contributed by atoms with Gasteiger partial charge < -0.3 is 9.64 Å². The topological polar surface area (TPSA) is 71.1 Å². The van der Waals surface area contributed by atoms with Crippen molar-refractivity contribution in [1.29, 1.82) is 5.26 Å². The monoisotopic (exact) mass is 488 g/mol. The molecule has 1 aliphatic rings. The lowest BCUT2D eigenvalue weighted by molar-refractivity contribution is -0.127. The average Bonchev–Trinajstić information content (AvgIpc) is 3.40. The fourth-order valence-corrected chi connectivity index (χ4v) is 4.47. The van der Waals surface area contributed by atoms with Gasteiger partial charge in [0.05, 0.1) is 5.69 Å². The third-order valence-corrected chi connectivity index (χ3v) is 6.41. The van der Waals surface area contributed by atoms with E-state index in [-0.39, 0.29) is 11.5 Å². The molecule has 0 radical (unpaired) electrons. The molecule has 6 nitrogen and oxygen atoms in total. The van der Waals surface area contributed by atoms with Crippen LogP contribution in [-0.2, 0) is 11.4 Å². The lowest BCUT2D eigenvalue weighted by atomic mass is 10.0. The quantitative estimate of drug-likeness (QED) is 0.235. The van der Waals surface area contributed by atoms with Crippen LogP contribution in [0.2, 0.25) is 0 Å². The molecule has 0 bridgehead atoms. The van der Waals surface area contributed by atoms with Gasteiger partial charge in [-0.25, -0.2) is 4.68 Å². The van der Waals surface area contributed by atoms with Crippen LogP contribution in [0.1, 0.15) is 30.4 Å². The molecule has 3 aromatic carbocycles. The molecule has 184 valence electrons. The van der Waals surface area contributed by atoms with Crippen molar-refractivity contribution in [3.63, 3.8) is 0 Å². The first-order valence-corrected chi connectivity index (χ1v) is 12.5. The van der Waals surface area contributed by atoms with Crippen LogP contribution in [0.25, 0.3) is 23.0 Å². The number of hydrogen-bond donors (Lipinski definition) is 0. The van der Waals surface area contributed by atoms with Gasteiger partial charge >= 0.3 is 0 Å². The molecule has 37 heavy (non-hydrogen) atoms. The van der Waals surface area contributed by atoms with Crippen molar-refractivity contribution in [3.05, 3.63) is 108 Å². The van der Waals surface area contributed by atoms with E-state index in [4.69, 9.17) is 9.84 Å². The van der Waals surface area contributed by atoms with Gasteiger partial charge in [0.15, 0.2) is 0 Å². The Morgan fingerprint density at radius 1 is 0.946 bits per heavy atom. The fourth-order valence-electron chi connectivity index (χ4n) is 4.47. The molecule has 1 saturated heterocycles. The summed E-state index contributed by atoms with van der Waals surface area (Å²) in [5.41, 5.74) is 4.31. The summed E-state index contributed by atoms with van der Waals surface area (Å²) in [5, 5.41) is 14.7. The molecule has 6 heteroatoms. The smallest absolute Gasteiger partial charge is 0.264 e. The number of ether oxygens (including phenoxy) is 1. The molecular weight excluding hydrogens is 460 g/mol. The lowest BCUT2D eigenvalue weighted by Crippen LogP contribution is -2.36. The molecule has 2 heterocycles. The molecule has 1 fully saturated rings. The molecule has 1 aromatic heterocycles. The van der Waals surface area contributed by atoms with E-state index in [1.165, 1.54) is 0 Å². The van der Waals surface area contributed by atoms with E-state index < -0.39 is 0 Å². The molecule has 0 aliphatic carbocycles. The number of likely N-dealkylation sites (tertiary alicyclic amines) is 1. The minimum atomic E-state index is -0.222. The summed E-state index contributed by atoms with van der Waals surface area (Å²) in [6, 6.07) is 29.7. The van der Waals surface area contributed by atoms with E-state index >= 15 is 0 Å². The second-order valence-corrected chi connectivity index (χ2v) is 9.04. The van der Waals surface area contributed by atoms with E-state index in [1.54, 1.807) is 15.7 Å². The van der Waals surface area contributed by atoms with Gasteiger partial charge in [0.25, 0.3) is 5.91 Å². The van der Waals surface area contributed by atoms with E-state index in [2.05, 4.69) is 6.07 Å². The van der Waals surface area contributed by atoms with Crippen molar-refractivity contribution in [2.24, 2.45) is 0 Å². The number of nitriles is 1. The maximum atomic E-state index is 13.1. The number of para-hydroxylation sites is 1. The lowest BCUT2D eigenvalue weighted by Gasteiger charge is -2.26. The molecule has 4 aromatic rings. The average molecular weight is 489 g/mol. The number of benzene rings is 3. The number of piperidine rings is 1. The van der Waals surface area contributed by atoms with Gasteiger partial charge in [0.1, 0.15) is 29.7 Å². The van der Waals surface area contributed by atoms with Crippen LogP contribution in [-0.4, -0.2) is 33.7 Å². The van der Waals surface area contributed by atoms with Crippen LogP contribution in [0.4, 0.5) is 0 Å². The van der Waals surface area contributed by atoms with E-state index in [9.17, 15) is 10.1 Å². The third kappa shape index (κ3) is 5.79. The molecule has 0 saturated carbocycles. The first-order valence-electron chi connectivity index (χ1n) is 12.5. The van der Waals surface area contributed by atoms with Crippen LogP contribution >= 0.6 is 0 Å². The predicted octanol–water partition coefficient (Wildman–Crippen LogP) is 6.04. The van der Waals surface area contributed by atoms with Crippen molar-refractivity contribution in [2.75, 3.05) is 13.1 Å². The fraction of sp³-hybridized carbons (Fsp3) is 0.194. The van der Waals surface area contributed by atoms with Crippen LogP contribution in [0.5, 0.6) is 5.75 Å². The summed E-state index contributed by atoms with van der Waals surface area (Å²) in [7, 11) is 0. The van der Waals surface area contributed by atoms with Crippen LogP contribution in [0.15, 0.2) is 96.7 Å². The Morgan fingerprint density at radius 2 is 1.68 bits per heavy atom. The maximum Gasteiger partial charge on any atom is 0.264 e. The highest BCUT2D eigenvalue weighted by molar-refractivity contribution is 6.02. The third-order valence-electron chi connectivity index (χ3n) is 6.41. The van der Waals surface area contributed by atoms with Crippen LogP contribution in [0, 0.1) is 11.3 Å². The van der Waals surface area contributed by atoms with Crippen molar-refractivity contribution in [1.82, 2.24) is 14.7 Å². The second-order valence-electron chi connectivity index (χ2n) is 9.04. The molecule has 5 rings (SSSR count). The van der Waals surface area contributed by atoms with Crippen molar-refractivity contribution in [3.8, 4) is 28.8 Å². The summed E-state index contributed by atoms with van der Waals surface area (Å²) < 4.78 is 7.82. The van der Waals surface area contributed by atoms with E-state index in [1.807, 2.05) is 91.1 Å². The first kappa shape index (κ1) is 24.1. The molecule has 1 aliphatic heterocycles. The Bertz CT molecular complexity index is 1430. The number of carbonyl (C=O) groups is 1. The Balaban J connectivity index is 1.50. The molecule has 0 N–H and O–H groups in total. The number of rotatable bonds is 7. The SMILES string of the molecule is N#CC(=Cc1cn(-c2ccccc2)nc1-c1cccc(OCc2ccccc2)c1)C(=O)N1CCCCC1. The zero-order valence-electron chi connectivity index (χ0n) is 20.6. The largest absolute Gasteiger partial charge is 0.489 e. The van der Waals surface area contributed by atoms with Gasteiger partial charge in [-0.3, -0.25) is 4.79 Å². The Morgan fingerprint density at radius 3 is 2.41 bits per heavy atom. The normalized spacial score (nSPS) is 13.7. The van der Waals surface area contributed by atoms with Crippen molar-refractivity contribution < 1.29 is 9.53 Å². The standard InChI is InChI=1S/C31H28N4O2/c32-21-26(31(36)34-17-8-3-9-18-34)19-27-22-35(28-14-6-2-7-15-28)33-30(27)25-13-10-16-29(20-25)37-23-24-11-4-1-5-12-24/h1-2,4-7,10-16,19-20,22H,3,8-9,17-18,23H2. The molecule has 0 atom stereocenters. The van der Waals surface area contributed by atoms with E-state index in [0.29, 0.717) is 31.0 Å². The minimum Gasteiger partial charge on any atom is -0.489 e. The van der Waals surface area contributed by atoms with Gasteiger partial charge in [0.2, 0.25) is 0 Å². The zero-order valence-corrected chi connectivity index (χ0v) is 20.6. The van der Waals surface area contributed by atoms with Crippen molar-refractivity contribution in [2.45, 2.75) is 25.9 Å². The highest BCUT2D eigenvalue weighted by Crippen LogP contribution is 2.29. The summed E-state index contributed by atoms with van der Waals surface area (Å²) in [6.07, 6.45) is 6.58. The van der Waals surface area contributed by atoms with Crippen LogP contribution < -0.4 is 4.74 Å². The molecule has 0 spiro atoms. The molecule has 1 amide bonds. The number of hydrogen-bond acceptors (Lipinski definition) is 4. The maximum absolute atomic E-state index is 13.1. The second kappa shape index (κ2) is 11.4. The minimum absolute atomic E-state index is 0.118. The number of carbonyl (C=O) groups excluding carboxylic acids is 1. The first-order chi connectivity index (χ1) is 18.2. The van der Waals surface area contributed by atoms with Gasteiger partial charge in [-0.1, -0.05) is 60.7 Å². The number of nitrogens with zero attached hydrogens (tertiary/aromatic N) is 4. The zero-order chi connectivity index (χ0) is 25.5. The van der Waals surface area contributed by atoms with Gasteiger partial charge in [-0.2, -0.15) is 10.4 Å². The summed E-state index contributed by atoms with van der Waals surface area (Å²) in [4.78, 5) is 14.9. The Hall–Kier alpha value is -4.63. The summed E-state index contributed by atoms with van der Waals surface area (Å²) in [5.74, 6) is 0.496. The Kier molecular flexibility index (Phi) is 7.42. The van der Waals surface area contributed by atoms with Gasteiger partial charge in [-0.15, -0.1) is 0 Å². The summed E-state index contributed by atoms with van der Waals surface area (Å²) >= 11 is 0. The predicted molar refractivity (Wildman–Crippen MR) is 144 cm³/mol. The van der Waals surface area contributed by atoms with Gasteiger partial charge in [-0.05, 0) is 55.2 Å². The van der Waals surface area contributed by atoms with Gasteiger partial charge in [0, 0.05) is 30.4 Å². The summed E-state index contributed by atoms with van der Waals surface area (Å²) in [6.45, 7) is 1.84. The van der Waals surface area contributed by atoms with Crippen LogP contribution in [0.3, 0.4) is 0 Å². The van der Waals surface area contributed by atoms with E-state index in [0.717, 1.165) is 41.8 Å².